The molecule has 14 heavy (non-hydrogen) atoms. The van der Waals surface area contributed by atoms with Gasteiger partial charge in [-0.1, -0.05) is 12.8 Å². The highest BCUT2D eigenvalue weighted by molar-refractivity contribution is 5.77. The van der Waals surface area contributed by atoms with E-state index in [0.29, 0.717) is 0 Å². The first-order chi connectivity index (χ1) is 6.52. The van der Waals surface area contributed by atoms with Crippen molar-refractivity contribution in [1.29, 1.82) is 0 Å². The van der Waals surface area contributed by atoms with Crippen LogP contribution in [-0.2, 0) is 4.79 Å². The fourth-order valence-electron chi connectivity index (χ4n) is 1.83. The number of carbonyl (C=O) groups excluding carboxylic acids is 1. The lowest BCUT2D eigenvalue weighted by Gasteiger charge is -2.22. The first-order valence-electron chi connectivity index (χ1n) is 4.86. The molecule has 0 spiro atoms. The van der Waals surface area contributed by atoms with Crippen LogP contribution in [0.1, 0.15) is 32.1 Å². The van der Waals surface area contributed by atoms with Crippen LogP contribution in [0.15, 0.2) is 0 Å². The number of alkyl halides is 2. The van der Waals surface area contributed by atoms with E-state index in [1.165, 1.54) is 0 Å². The summed E-state index contributed by atoms with van der Waals surface area (Å²) in [6.45, 7) is -0.574. The lowest BCUT2D eigenvalue weighted by Crippen LogP contribution is -2.42. The number of nitrogens with two attached hydrogens (primary N) is 1. The van der Waals surface area contributed by atoms with E-state index >= 15 is 0 Å². The summed E-state index contributed by atoms with van der Waals surface area (Å²) < 4.78 is 23.5. The van der Waals surface area contributed by atoms with E-state index in [-0.39, 0.29) is 12.3 Å². The van der Waals surface area contributed by atoms with Crippen LogP contribution in [0.25, 0.3) is 0 Å². The van der Waals surface area contributed by atoms with Gasteiger partial charge < -0.3 is 11.1 Å². The summed E-state index contributed by atoms with van der Waals surface area (Å²) >= 11 is 0. The number of amides is 1. The van der Waals surface area contributed by atoms with Crippen molar-refractivity contribution in [1.82, 2.24) is 5.32 Å². The molecule has 0 aromatic carbocycles. The standard InChI is InChI=1S/C9H16F2N2O/c10-7(11)6-13-8(14)5-9(12)3-1-2-4-9/h7H,1-6,12H2,(H,13,14). The van der Waals surface area contributed by atoms with E-state index < -0.39 is 18.5 Å². The third-order valence-corrected chi connectivity index (χ3v) is 2.57. The maximum atomic E-state index is 11.8. The number of rotatable bonds is 4. The molecule has 1 fully saturated rings. The highest BCUT2D eigenvalue weighted by Crippen LogP contribution is 2.29. The molecule has 1 aliphatic carbocycles. The molecule has 0 atom stereocenters. The van der Waals surface area contributed by atoms with E-state index in [9.17, 15) is 13.6 Å². The monoisotopic (exact) mass is 206 g/mol. The number of halogens is 2. The van der Waals surface area contributed by atoms with Crippen LogP contribution in [0.5, 0.6) is 0 Å². The highest BCUT2D eigenvalue weighted by Gasteiger charge is 2.31. The van der Waals surface area contributed by atoms with Crippen LogP contribution in [-0.4, -0.2) is 24.4 Å². The predicted octanol–water partition coefficient (Wildman–Crippen LogP) is 1.03. The topological polar surface area (TPSA) is 55.1 Å². The third-order valence-electron chi connectivity index (χ3n) is 2.57. The Balaban J connectivity index is 2.25. The van der Waals surface area contributed by atoms with Gasteiger partial charge in [-0.2, -0.15) is 0 Å². The van der Waals surface area contributed by atoms with Crippen molar-refractivity contribution in [3.8, 4) is 0 Å². The molecule has 0 bridgehead atoms. The summed E-state index contributed by atoms with van der Waals surface area (Å²) in [4.78, 5) is 11.2. The van der Waals surface area contributed by atoms with Gasteiger partial charge in [-0.05, 0) is 12.8 Å². The molecule has 0 aromatic heterocycles. The Morgan fingerprint density at radius 3 is 2.50 bits per heavy atom. The second-order valence-electron chi connectivity index (χ2n) is 3.94. The van der Waals surface area contributed by atoms with Crippen molar-refractivity contribution >= 4 is 5.91 Å². The Kier molecular flexibility index (Phi) is 3.80. The Labute approximate surface area is 82.0 Å². The van der Waals surface area contributed by atoms with Crippen LogP contribution < -0.4 is 11.1 Å². The maximum absolute atomic E-state index is 11.8. The minimum absolute atomic E-state index is 0.166. The summed E-state index contributed by atoms with van der Waals surface area (Å²) in [5, 5.41) is 2.17. The number of hydrogen-bond acceptors (Lipinski definition) is 2. The molecule has 0 radical (unpaired) electrons. The zero-order valence-corrected chi connectivity index (χ0v) is 8.06. The average Bonchev–Trinajstić information content (AvgIpc) is 2.48. The number of carbonyl (C=O) groups is 1. The second kappa shape index (κ2) is 4.68. The molecule has 5 heteroatoms. The Bertz CT molecular complexity index is 203. The second-order valence-corrected chi connectivity index (χ2v) is 3.94. The van der Waals surface area contributed by atoms with Crippen LogP contribution in [0, 0.1) is 0 Å². The minimum atomic E-state index is -2.49. The molecule has 1 aliphatic rings. The maximum Gasteiger partial charge on any atom is 0.255 e. The summed E-state index contributed by atoms with van der Waals surface area (Å²) in [5.74, 6) is -0.366. The quantitative estimate of drug-likeness (QED) is 0.721. The zero-order chi connectivity index (χ0) is 10.6. The van der Waals surface area contributed by atoms with Crippen molar-refractivity contribution in [2.45, 2.75) is 44.1 Å². The van der Waals surface area contributed by atoms with E-state index in [0.717, 1.165) is 25.7 Å². The van der Waals surface area contributed by atoms with Crippen molar-refractivity contribution < 1.29 is 13.6 Å². The summed E-state index contributed by atoms with van der Waals surface area (Å²) in [6.07, 6.45) is 1.36. The van der Waals surface area contributed by atoms with Crippen LogP contribution in [0.3, 0.4) is 0 Å². The summed E-state index contributed by atoms with van der Waals surface area (Å²) in [7, 11) is 0. The van der Waals surface area contributed by atoms with Gasteiger partial charge in [-0.15, -0.1) is 0 Å². The van der Waals surface area contributed by atoms with Crippen molar-refractivity contribution in [3.63, 3.8) is 0 Å². The molecule has 0 aliphatic heterocycles. The molecule has 0 aromatic rings. The van der Waals surface area contributed by atoms with E-state index in [1.807, 2.05) is 0 Å². The Morgan fingerprint density at radius 2 is 2.00 bits per heavy atom. The van der Waals surface area contributed by atoms with Gasteiger partial charge in [0.2, 0.25) is 5.91 Å². The van der Waals surface area contributed by atoms with E-state index in [4.69, 9.17) is 5.73 Å². The Morgan fingerprint density at radius 1 is 1.43 bits per heavy atom. The fourth-order valence-corrected chi connectivity index (χ4v) is 1.83. The smallest absolute Gasteiger partial charge is 0.255 e. The average molecular weight is 206 g/mol. The van der Waals surface area contributed by atoms with Crippen molar-refractivity contribution in [3.05, 3.63) is 0 Å². The first-order valence-corrected chi connectivity index (χ1v) is 4.86. The molecule has 3 N–H and O–H groups in total. The van der Waals surface area contributed by atoms with Crippen molar-refractivity contribution in [2.24, 2.45) is 5.73 Å². The van der Waals surface area contributed by atoms with Crippen molar-refractivity contribution in [2.75, 3.05) is 6.54 Å². The van der Waals surface area contributed by atoms with Gasteiger partial charge in [0, 0.05) is 12.0 Å². The molecule has 1 saturated carbocycles. The van der Waals surface area contributed by atoms with Gasteiger partial charge in [0.15, 0.2) is 0 Å². The molecule has 0 unspecified atom stereocenters. The molecular formula is C9H16F2N2O. The van der Waals surface area contributed by atoms with Gasteiger partial charge in [0.1, 0.15) is 0 Å². The van der Waals surface area contributed by atoms with Gasteiger partial charge >= 0.3 is 0 Å². The fraction of sp³-hybridized carbons (Fsp3) is 0.889. The largest absolute Gasteiger partial charge is 0.350 e. The normalized spacial score (nSPS) is 20.0. The van der Waals surface area contributed by atoms with Crippen LogP contribution in [0.4, 0.5) is 8.78 Å². The van der Waals surface area contributed by atoms with Gasteiger partial charge in [0.25, 0.3) is 6.43 Å². The molecular weight excluding hydrogens is 190 g/mol. The van der Waals surface area contributed by atoms with Crippen LogP contribution in [0.2, 0.25) is 0 Å². The highest BCUT2D eigenvalue weighted by atomic mass is 19.3. The predicted molar refractivity (Wildman–Crippen MR) is 49.0 cm³/mol. The zero-order valence-electron chi connectivity index (χ0n) is 8.06. The molecule has 1 amide bonds. The Hall–Kier alpha value is -0.710. The first kappa shape index (κ1) is 11.4. The van der Waals surface area contributed by atoms with Gasteiger partial charge in [-0.3, -0.25) is 4.79 Å². The molecule has 0 saturated heterocycles. The molecule has 0 heterocycles. The van der Waals surface area contributed by atoms with Gasteiger partial charge in [0.05, 0.1) is 6.54 Å². The SMILES string of the molecule is NC1(CC(=O)NCC(F)F)CCCC1. The molecule has 3 nitrogen and oxygen atoms in total. The number of nitrogens with one attached hydrogen (secondary N) is 1. The third kappa shape index (κ3) is 3.57. The van der Waals surface area contributed by atoms with E-state index in [2.05, 4.69) is 5.32 Å². The lowest BCUT2D eigenvalue weighted by molar-refractivity contribution is -0.122. The van der Waals surface area contributed by atoms with E-state index in [1.54, 1.807) is 0 Å². The lowest BCUT2D eigenvalue weighted by atomic mass is 9.94. The molecule has 82 valence electrons. The summed E-state index contributed by atoms with van der Waals surface area (Å²) in [6, 6.07) is 0. The minimum Gasteiger partial charge on any atom is -0.350 e. The summed E-state index contributed by atoms with van der Waals surface area (Å²) in [5.41, 5.74) is 5.47. The molecule has 1 rings (SSSR count). The van der Waals surface area contributed by atoms with Gasteiger partial charge in [-0.25, -0.2) is 8.78 Å². The number of hydrogen-bond donors (Lipinski definition) is 2. The van der Waals surface area contributed by atoms with Crippen LogP contribution >= 0.6 is 0 Å².